The van der Waals surface area contributed by atoms with Crippen LogP contribution in [-0.2, 0) is 15.6 Å². The highest BCUT2D eigenvalue weighted by molar-refractivity contribution is 7.85. The van der Waals surface area contributed by atoms with E-state index in [2.05, 4.69) is 10.6 Å². The van der Waals surface area contributed by atoms with Crippen LogP contribution in [0.3, 0.4) is 0 Å². The van der Waals surface area contributed by atoms with Crippen molar-refractivity contribution in [2.24, 2.45) is 5.92 Å². The van der Waals surface area contributed by atoms with Crippen molar-refractivity contribution in [3.05, 3.63) is 59.7 Å². The highest BCUT2D eigenvalue weighted by atomic mass is 32.2. The molecule has 3 N–H and O–H groups in total. The Morgan fingerprint density at radius 2 is 1.82 bits per heavy atom. The molecule has 2 aromatic carbocycles. The summed E-state index contributed by atoms with van der Waals surface area (Å²) in [7, 11) is -0.846. The van der Waals surface area contributed by atoms with Crippen LogP contribution in [0.15, 0.2) is 42.5 Å². The van der Waals surface area contributed by atoms with E-state index < -0.39 is 34.6 Å². The summed E-state index contributed by atoms with van der Waals surface area (Å²) in [6.07, 6.45) is -1.74. The standard InChI is InChI=1S/C27H30F2N6OS.C2HF3O2/c28-23-14-20(3-4-21(23)17-30)26-16-27(32-18-19-2-1-8-31-9-7-19)33-35(26)22-5-6-25(24(29)15-22)34-10-12-37(36)13-11-34;3-2(4,5)1(6)7/h3-6,14-16,19,31H,1-2,7-13,18H2,(H,32,33);(H,6,7). The van der Waals surface area contributed by atoms with Gasteiger partial charge in [-0.25, -0.2) is 18.3 Å². The van der Waals surface area contributed by atoms with Gasteiger partial charge >= 0.3 is 12.1 Å². The molecular formula is C29H31F5N6O3S. The third kappa shape index (κ3) is 8.54. The third-order valence-electron chi connectivity index (χ3n) is 7.30. The van der Waals surface area contributed by atoms with Crippen molar-refractivity contribution in [2.45, 2.75) is 25.4 Å². The number of nitriles is 1. The average molecular weight is 639 g/mol. The van der Waals surface area contributed by atoms with Crippen LogP contribution in [0.2, 0.25) is 0 Å². The van der Waals surface area contributed by atoms with Gasteiger partial charge in [0, 0.05) is 59.6 Å². The summed E-state index contributed by atoms with van der Waals surface area (Å²) in [5, 5.41) is 27.8. The van der Waals surface area contributed by atoms with Gasteiger partial charge in [-0.1, -0.05) is 6.07 Å². The molecule has 1 unspecified atom stereocenters. The predicted octanol–water partition coefficient (Wildman–Crippen LogP) is 4.69. The topological polar surface area (TPSA) is 123 Å². The number of carboxylic acids is 1. The van der Waals surface area contributed by atoms with E-state index in [-0.39, 0.29) is 5.56 Å². The maximum atomic E-state index is 15.3. The van der Waals surface area contributed by atoms with Crippen LogP contribution in [0.4, 0.5) is 33.5 Å². The number of aromatic nitrogens is 2. The van der Waals surface area contributed by atoms with Crippen molar-refractivity contribution in [3.63, 3.8) is 0 Å². The monoisotopic (exact) mass is 638 g/mol. The lowest BCUT2D eigenvalue weighted by molar-refractivity contribution is -0.192. The normalized spacial score (nSPS) is 17.6. The first kappa shape index (κ1) is 32.9. The molecule has 0 spiro atoms. The molecule has 15 heteroatoms. The van der Waals surface area contributed by atoms with Crippen molar-refractivity contribution < 1.29 is 36.1 Å². The molecule has 236 valence electrons. The highest BCUT2D eigenvalue weighted by Crippen LogP contribution is 2.30. The molecule has 2 aliphatic heterocycles. The van der Waals surface area contributed by atoms with Crippen LogP contribution >= 0.6 is 0 Å². The number of hydrogen-bond acceptors (Lipinski definition) is 7. The number of hydrogen-bond donors (Lipinski definition) is 3. The van der Waals surface area contributed by atoms with Crippen LogP contribution in [0.5, 0.6) is 0 Å². The first-order chi connectivity index (χ1) is 21.0. The van der Waals surface area contributed by atoms with E-state index in [1.807, 2.05) is 17.0 Å². The van der Waals surface area contributed by atoms with Crippen molar-refractivity contribution in [3.8, 4) is 23.0 Å². The van der Waals surface area contributed by atoms with Gasteiger partial charge in [-0.3, -0.25) is 4.21 Å². The molecule has 0 bridgehead atoms. The SMILES string of the molecule is N#Cc1ccc(-c2cc(NCC3CCCNCC3)nn2-c2ccc(N3CCS(=O)CC3)c(F)c2)cc1F.O=C(O)C(F)(F)F. The van der Waals surface area contributed by atoms with Gasteiger partial charge in [0.25, 0.3) is 0 Å². The lowest BCUT2D eigenvalue weighted by atomic mass is 10.0. The van der Waals surface area contributed by atoms with E-state index in [1.54, 1.807) is 22.9 Å². The smallest absolute Gasteiger partial charge is 0.475 e. The largest absolute Gasteiger partial charge is 0.490 e. The first-order valence-electron chi connectivity index (χ1n) is 13.9. The second-order valence-electron chi connectivity index (χ2n) is 10.3. The molecule has 0 radical (unpaired) electrons. The van der Waals surface area contributed by atoms with Crippen LogP contribution < -0.4 is 15.5 Å². The van der Waals surface area contributed by atoms with Crippen molar-refractivity contribution >= 4 is 28.3 Å². The van der Waals surface area contributed by atoms with Crippen molar-refractivity contribution in [2.75, 3.05) is 54.4 Å². The van der Waals surface area contributed by atoms with Gasteiger partial charge < -0.3 is 20.6 Å². The molecule has 5 rings (SSSR count). The second kappa shape index (κ2) is 14.6. The highest BCUT2D eigenvalue weighted by Gasteiger charge is 2.38. The molecule has 3 aromatic rings. The number of anilines is 2. The number of benzene rings is 2. The number of nitrogens with one attached hydrogen (secondary N) is 2. The molecule has 3 heterocycles. The first-order valence-corrected chi connectivity index (χ1v) is 15.4. The van der Waals surface area contributed by atoms with Crippen molar-refractivity contribution in [1.29, 1.82) is 5.26 Å². The van der Waals surface area contributed by atoms with E-state index in [4.69, 9.17) is 20.3 Å². The predicted molar refractivity (Wildman–Crippen MR) is 156 cm³/mol. The van der Waals surface area contributed by atoms with Gasteiger partial charge in [-0.2, -0.15) is 18.4 Å². The summed E-state index contributed by atoms with van der Waals surface area (Å²) < 4.78 is 74.8. The molecule has 2 fully saturated rings. The number of aliphatic carboxylic acids is 1. The van der Waals surface area contributed by atoms with Gasteiger partial charge in [0.1, 0.15) is 23.5 Å². The van der Waals surface area contributed by atoms with Gasteiger partial charge in [0.05, 0.1) is 22.6 Å². The van der Waals surface area contributed by atoms with E-state index in [9.17, 15) is 21.8 Å². The average Bonchev–Trinajstić information content (AvgIpc) is 3.24. The molecule has 9 nitrogen and oxygen atoms in total. The number of carboxylic acid groups (broad SMARTS) is 1. The molecule has 2 aliphatic rings. The molecule has 0 amide bonds. The molecular weight excluding hydrogens is 607 g/mol. The van der Waals surface area contributed by atoms with E-state index in [1.165, 1.54) is 18.2 Å². The van der Waals surface area contributed by atoms with Crippen LogP contribution in [0, 0.1) is 28.9 Å². The Morgan fingerprint density at radius 3 is 2.45 bits per heavy atom. The summed E-state index contributed by atoms with van der Waals surface area (Å²) in [5.74, 6) is -1.56. The Labute approximate surface area is 253 Å². The zero-order valence-corrected chi connectivity index (χ0v) is 24.4. The summed E-state index contributed by atoms with van der Waals surface area (Å²) >= 11 is 0. The number of rotatable bonds is 6. The van der Waals surface area contributed by atoms with E-state index in [0.29, 0.717) is 59.0 Å². The maximum Gasteiger partial charge on any atom is 0.490 e. The Balaban J connectivity index is 0.000000566. The fraction of sp³-hybridized carbons (Fsp3) is 0.414. The lowest BCUT2D eigenvalue weighted by Crippen LogP contribution is -2.38. The van der Waals surface area contributed by atoms with Crippen molar-refractivity contribution in [1.82, 2.24) is 15.1 Å². The Kier molecular flexibility index (Phi) is 10.9. The molecule has 44 heavy (non-hydrogen) atoms. The van der Waals surface area contributed by atoms with Crippen LogP contribution in [0.25, 0.3) is 16.9 Å². The number of halogens is 5. The van der Waals surface area contributed by atoms with E-state index >= 15 is 4.39 Å². The third-order valence-corrected chi connectivity index (χ3v) is 8.57. The van der Waals surface area contributed by atoms with Crippen LogP contribution in [0.1, 0.15) is 24.8 Å². The Morgan fingerprint density at radius 1 is 1.09 bits per heavy atom. The number of nitrogens with zero attached hydrogens (tertiary/aromatic N) is 4. The zero-order valence-electron chi connectivity index (χ0n) is 23.5. The lowest BCUT2D eigenvalue weighted by Gasteiger charge is -2.28. The van der Waals surface area contributed by atoms with Crippen LogP contribution in [-0.4, -0.2) is 75.5 Å². The van der Waals surface area contributed by atoms with Gasteiger partial charge in [-0.05, 0) is 62.5 Å². The zero-order chi connectivity index (χ0) is 31.9. The number of alkyl halides is 3. The van der Waals surface area contributed by atoms with Gasteiger partial charge in [0.2, 0.25) is 0 Å². The van der Waals surface area contributed by atoms with Gasteiger partial charge in [0.15, 0.2) is 0 Å². The summed E-state index contributed by atoms with van der Waals surface area (Å²) in [6.45, 7) is 3.89. The quantitative estimate of drug-likeness (QED) is 0.333. The Hall–Kier alpha value is -4.03. The molecule has 2 saturated heterocycles. The van der Waals surface area contributed by atoms with Gasteiger partial charge in [-0.15, -0.1) is 5.10 Å². The minimum atomic E-state index is -5.08. The molecule has 1 aromatic heterocycles. The molecule has 0 aliphatic carbocycles. The fourth-order valence-electron chi connectivity index (χ4n) is 4.94. The summed E-state index contributed by atoms with van der Waals surface area (Å²) in [6, 6.07) is 13.0. The summed E-state index contributed by atoms with van der Waals surface area (Å²) in [5.41, 5.74) is 2.08. The molecule has 0 saturated carbocycles. The minimum absolute atomic E-state index is 0.0343. The molecule has 1 atom stereocenters. The number of carbonyl (C=O) groups is 1. The van der Waals surface area contributed by atoms with E-state index in [0.717, 1.165) is 38.9 Å². The second-order valence-corrected chi connectivity index (χ2v) is 12.0. The fourth-order valence-corrected chi connectivity index (χ4v) is 5.99. The summed E-state index contributed by atoms with van der Waals surface area (Å²) in [4.78, 5) is 10.8. The Bertz CT molecular complexity index is 1520. The maximum absolute atomic E-state index is 15.3. The minimum Gasteiger partial charge on any atom is -0.475 e.